The molecule has 11 amide bonds. The molecule has 1 saturated heterocycles. The third-order valence-electron chi connectivity index (χ3n) is 16.9. The Morgan fingerprint density at radius 1 is 0.596 bits per heavy atom. The number of likely N-dealkylation sites (N-methyl/N-ethyl adjacent to an activating group) is 1. The number of hydrogen-bond acceptors (Lipinski definition) is 16. The number of amides is 11. The van der Waals surface area contributed by atoms with E-state index in [1.165, 1.54) is 13.8 Å². The van der Waals surface area contributed by atoms with Gasteiger partial charge in [0.15, 0.2) is 0 Å². The molecule has 0 aromatic heterocycles. The van der Waals surface area contributed by atoms with E-state index in [1.54, 1.807) is 62.4 Å². The number of nitrogens with one attached hydrogen (secondary N) is 11. The van der Waals surface area contributed by atoms with Gasteiger partial charge in [-0.15, -0.1) is 0 Å². The molecule has 27 heteroatoms. The van der Waals surface area contributed by atoms with Crippen molar-refractivity contribution in [3.8, 4) is 11.1 Å². The normalized spacial score (nSPS) is 21.2. The molecule has 89 heavy (non-hydrogen) atoms. The molecule has 492 valence electrons. The van der Waals surface area contributed by atoms with Crippen molar-refractivity contribution in [3.05, 3.63) is 60.2 Å². The second-order valence-electron chi connectivity index (χ2n) is 23.5. The number of aliphatic hydroxyl groups is 2. The van der Waals surface area contributed by atoms with E-state index < -0.39 is 193 Å². The van der Waals surface area contributed by atoms with Crippen LogP contribution in [0.15, 0.2) is 54.6 Å². The molecule has 0 unspecified atom stereocenters. The first-order valence-electron chi connectivity index (χ1n) is 30.7. The summed E-state index contributed by atoms with van der Waals surface area (Å²) >= 11 is 0. The molecule has 15 N–H and O–H groups in total. The van der Waals surface area contributed by atoms with Crippen LogP contribution in [0.1, 0.15) is 126 Å². The zero-order valence-corrected chi connectivity index (χ0v) is 52.9. The summed E-state index contributed by atoms with van der Waals surface area (Å²) in [7, 11) is 1.61. The fraction of sp³-hybridized carbons (Fsp3) is 0.613. The molecular formula is C62H94N12O15. The van der Waals surface area contributed by atoms with Crippen molar-refractivity contribution >= 4 is 70.9 Å². The van der Waals surface area contributed by atoms with Gasteiger partial charge in [-0.1, -0.05) is 136 Å². The van der Waals surface area contributed by atoms with Gasteiger partial charge >= 0.3 is 5.97 Å². The molecule has 2 fully saturated rings. The average molecular weight is 1250 g/mol. The first-order valence-corrected chi connectivity index (χ1v) is 30.7. The lowest BCUT2D eigenvalue weighted by Crippen LogP contribution is -2.63. The zero-order chi connectivity index (χ0) is 66.4. The number of primary amides is 1. The SMILES string of the molecule is CC[C@H](C)[C@H](NC(=O)[C@@H](Cc1ccc(-c2ccccc2)cc1)NC)C(=O)N[C@@H](CO)C(=O)N[C@H](CCC(N)=O)C(=O)N[C@@H](C(=O)N[C@H](C(=O)N[C@@H](CO)C(=O)N[C@H]1C(=O)N[C@@H](C)C(=O)NC2(CC2)C(=O)N[C@@H]([C@@H](C)CC)C(=O)O[C@H]1C)[C@@H](C)CC)[C@@H](C)CC. The maximum atomic E-state index is 14.4. The van der Waals surface area contributed by atoms with E-state index in [4.69, 9.17) is 10.5 Å². The Balaban J connectivity index is 1.49. The number of hydrogen-bond donors (Lipinski definition) is 14. The summed E-state index contributed by atoms with van der Waals surface area (Å²) in [4.78, 5) is 165. The van der Waals surface area contributed by atoms with Gasteiger partial charge in [0.2, 0.25) is 65.0 Å². The van der Waals surface area contributed by atoms with Crippen molar-refractivity contribution < 1.29 is 72.5 Å². The Bertz CT molecular complexity index is 2800. The van der Waals surface area contributed by atoms with Crippen LogP contribution in [0, 0.1) is 23.7 Å². The topological polar surface area (TPSA) is 413 Å². The highest BCUT2D eigenvalue weighted by Crippen LogP contribution is 2.36. The van der Waals surface area contributed by atoms with E-state index >= 15 is 0 Å². The highest BCUT2D eigenvalue weighted by atomic mass is 16.5. The number of esters is 1. The van der Waals surface area contributed by atoms with E-state index in [0.29, 0.717) is 12.8 Å². The molecule has 2 aromatic carbocycles. The zero-order valence-electron chi connectivity index (χ0n) is 52.9. The Kier molecular flexibility index (Phi) is 28.6. The van der Waals surface area contributed by atoms with Crippen LogP contribution in [0.3, 0.4) is 0 Å². The van der Waals surface area contributed by atoms with Crippen molar-refractivity contribution in [1.29, 1.82) is 0 Å². The van der Waals surface area contributed by atoms with Gasteiger partial charge in [0.1, 0.15) is 66.0 Å². The minimum atomic E-state index is -1.80. The van der Waals surface area contributed by atoms with Crippen LogP contribution >= 0.6 is 0 Å². The van der Waals surface area contributed by atoms with Gasteiger partial charge in [-0.25, -0.2) is 4.79 Å². The minimum absolute atomic E-state index is 0.264. The molecule has 1 aliphatic heterocycles. The lowest BCUT2D eigenvalue weighted by Gasteiger charge is -2.31. The monoisotopic (exact) mass is 1250 g/mol. The first kappa shape index (κ1) is 73.4. The van der Waals surface area contributed by atoms with Crippen LogP contribution in [0.2, 0.25) is 0 Å². The highest BCUT2D eigenvalue weighted by Gasteiger charge is 2.53. The summed E-state index contributed by atoms with van der Waals surface area (Å²) in [6.07, 6.45) is -0.103. The van der Waals surface area contributed by atoms with Crippen molar-refractivity contribution in [2.45, 2.75) is 199 Å². The molecule has 0 radical (unpaired) electrons. The summed E-state index contributed by atoms with van der Waals surface area (Å²) in [6, 6.07) is 3.35. The predicted octanol–water partition coefficient (Wildman–Crippen LogP) is -1.10. The quantitative estimate of drug-likeness (QED) is 0.0398. The van der Waals surface area contributed by atoms with Gasteiger partial charge in [-0.2, -0.15) is 0 Å². The number of benzene rings is 2. The van der Waals surface area contributed by atoms with Gasteiger partial charge in [-0.3, -0.25) is 52.7 Å². The van der Waals surface area contributed by atoms with Gasteiger partial charge < -0.3 is 79.2 Å². The number of nitrogens with two attached hydrogens (primary N) is 1. The van der Waals surface area contributed by atoms with Gasteiger partial charge in [0.25, 0.3) is 0 Å². The lowest BCUT2D eigenvalue weighted by molar-refractivity contribution is -0.157. The van der Waals surface area contributed by atoms with Crippen LogP contribution in [0.4, 0.5) is 0 Å². The highest BCUT2D eigenvalue weighted by molar-refractivity contribution is 6.01. The molecule has 1 aliphatic carbocycles. The summed E-state index contributed by atoms with van der Waals surface area (Å²) in [5.41, 5.74) is 7.03. The van der Waals surface area contributed by atoms with Gasteiger partial charge in [0, 0.05) is 6.42 Å². The molecule has 1 spiro atoms. The standard InChI is InChI=1S/C62H94N12O15/c1-12-32(5)46(70-53(80)42(64-11)29-38-21-23-40(24-22-38)39-19-17-16-18-20-39)56(83)67-43(30-75)54(81)66-41(25-26-45(63)77)52(79)69-48(34(7)14-3)58(85)71-47(33(6)13-2)57(84)68-44(31-76)55(82)72-50-37(10)89-60(87)49(35(8)15-4)73-61(88)62(27-28-62)74-51(78)36(9)65-59(50)86/h16-24,32-37,41-44,46-50,64,75-76H,12-15,25-31H2,1-11H3,(H2,63,77)(H,65,86)(H,66,81)(H,67,83)(H,68,84)(H,69,79)(H,70,80)(H,71,85)(H,72,82)(H,73,88)(H,74,78)/t32-,33-,34-,35-,36-,37-,41+,42+,43-,44-,46-,47-,48+,49-,50+/m0/s1. The van der Waals surface area contributed by atoms with Crippen LogP contribution in [-0.4, -0.2) is 173 Å². The second kappa shape index (κ2) is 34.6. The predicted molar refractivity (Wildman–Crippen MR) is 328 cm³/mol. The maximum absolute atomic E-state index is 14.4. The molecular weight excluding hydrogens is 1150 g/mol. The Labute approximate surface area is 520 Å². The van der Waals surface area contributed by atoms with Crippen molar-refractivity contribution in [1.82, 2.24) is 58.5 Å². The number of aliphatic hydroxyl groups excluding tert-OH is 2. The largest absolute Gasteiger partial charge is 0.458 e. The van der Waals surface area contributed by atoms with Crippen molar-refractivity contribution in [2.75, 3.05) is 20.3 Å². The smallest absolute Gasteiger partial charge is 0.329 e. The van der Waals surface area contributed by atoms with Crippen LogP contribution < -0.4 is 64.2 Å². The molecule has 4 rings (SSSR count). The Morgan fingerprint density at radius 2 is 1.06 bits per heavy atom. The van der Waals surface area contributed by atoms with E-state index in [-0.39, 0.29) is 32.1 Å². The number of cyclic esters (lactones) is 1. The van der Waals surface area contributed by atoms with Crippen LogP contribution in [-0.2, 0) is 68.7 Å². The second-order valence-corrected chi connectivity index (χ2v) is 23.5. The molecule has 1 heterocycles. The van der Waals surface area contributed by atoms with E-state index in [0.717, 1.165) is 16.7 Å². The molecule has 1 saturated carbocycles. The fourth-order valence-electron chi connectivity index (χ4n) is 9.79. The number of carbonyl (C=O) groups excluding carboxylic acids is 12. The summed E-state index contributed by atoms with van der Waals surface area (Å²) < 4.78 is 5.69. The fourth-order valence-corrected chi connectivity index (χ4v) is 9.79. The molecule has 15 atom stereocenters. The third-order valence-corrected chi connectivity index (χ3v) is 16.9. The van der Waals surface area contributed by atoms with Crippen molar-refractivity contribution in [3.63, 3.8) is 0 Å². The van der Waals surface area contributed by atoms with E-state index in [1.807, 2.05) is 54.6 Å². The Morgan fingerprint density at radius 3 is 1.53 bits per heavy atom. The van der Waals surface area contributed by atoms with Crippen molar-refractivity contribution in [2.24, 2.45) is 29.4 Å². The third kappa shape index (κ3) is 20.8. The minimum Gasteiger partial charge on any atom is -0.458 e. The summed E-state index contributed by atoms with van der Waals surface area (Å²) in [5, 5.41) is 49.6. The molecule has 2 aliphatic rings. The van der Waals surface area contributed by atoms with E-state index in [9.17, 15) is 67.7 Å². The first-order chi connectivity index (χ1) is 42.1. The average Bonchev–Trinajstić information content (AvgIpc) is 1.71. The molecule has 27 nitrogen and oxygen atoms in total. The number of ether oxygens (including phenoxy) is 1. The maximum Gasteiger partial charge on any atom is 0.329 e. The molecule has 0 bridgehead atoms. The summed E-state index contributed by atoms with van der Waals surface area (Å²) in [5.74, 6) is -12.8. The van der Waals surface area contributed by atoms with E-state index in [2.05, 4.69) is 58.5 Å². The number of rotatable bonds is 31. The Hall–Kier alpha value is -8.04. The molecule has 2 aromatic rings. The lowest BCUT2D eigenvalue weighted by atomic mass is 9.94. The van der Waals surface area contributed by atoms with Gasteiger partial charge in [-0.05, 0) is 86.9 Å². The van der Waals surface area contributed by atoms with Crippen LogP contribution in [0.25, 0.3) is 11.1 Å². The summed E-state index contributed by atoms with van der Waals surface area (Å²) in [6.45, 7) is 14.3. The number of carbonyl (C=O) groups is 12. The van der Waals surface area contributed by atoms with Gasteiger partial charge in [0.05, 0.1) is 19.3 Å². The van der Waals surface area contributed by atoms with Crippen LogP contribution in [0.5, 0.6) is 0 Å².